The van der Waals surface area contributed by atoms with Crippen LogP contribution in [-0.4, -0.2) is 53.7 Å². The molecule has 2 heterocycles. The van der Waals surface area contributed by atoms with Crippen LogP contribution in [0.3, 0.4) is 0 Å². The van der Waals surface area contributed by atoms with Crippen molar-refractivity contribution in [3.05, 3.63) is 24.3 Å². The normalized spacial score (nSPS) is 15.7. The minimum atomic E-state index is -0.00495. The van der Waals surface area contributed by atoms with Crippen LogP contribution in [0.5, 0.6) is 0 Å². The van der Waals surface area contributed by atoms with Crippen molar-refractivity contribution in [2.24, 2.45) is 7.05 Å². The van der Waals surface area contributed by atoms with Gasteiger partial charge in [-0.15, -0.1) is 0 Å². The molecule has 2 amide bonds. The van der Waals surface area contributed by atoms with Crippen molar-refractivity contribution in [3.63, 3.8) is 0 Å². The molecule has 0 atom stereocenters. The fourth-order valence-electron chi connectivity index (χ4n) is 2.68. The molecule has 1 aliphatic rings. The van der Waals surface area contributed by atoms with Gasteiger partial charge in [-0.3, -0.25) is 0 Å². The number of fused-ring (bicyclic) bond motifs is 1. The van der Waals surface area contributed by atoms with E-state index in [9.17, 15) is 4.79 Å². The van der Waals surface area contributed by atoms with E-state index in [1.54, 1.807) is 7.05 Å². The molecule has 1 aromatic carbocycles. The largest absolute Gasteiger partial charge is 0.341 e. The number of urea groups is 1. The van der Waals surface area contributed by atoms with Crippen LogP contribution in [-0.2, 0) is 7.05 Å². The lowest BCUT2D eigenvalue weighted by atomic mass is 10.3. The van der Waals surface area contributed by atoms with Gasteiger partial charge in [-0.2, -0.15) is 0 Å². The zero-order chi connectivity index (χ0) is 14.1. The standard InChI is InChI=1S/C14H19N5O/c1-15-14(20)19-9-7-18(8-10-19)13-16-11-5-3-4-6-12(11)17(13)2/h3-6H,7-10H2,1-2H3,(H,15,20). The number of anilines is 1. The number of amides is 2. The zero-order valence-electron chi connectivity index (χ0n) is 11.8. The van der Waals surface area contributed by atoms with Gasteiger partial charge in [-0.1, -0.05) is 12.1 Å². The van der Waals surface area contributed by atoms with Crippen LogP contribution in [0, 0.1) is 0 Å². The van der Waals surface area contributed by atoms with E-state index in [0.29, 0.717) is 0 Å². The summed E-state index contributed by atoms with van der Waals surface area (Å²) >= 11 is 0. The van der Waals surface area contributed by atoms with E-state index in [4.69, 9.17) is 4.98 Å². The summed E-state index contributed by atoms with van der Waals surface area (Å²) in [6.07, 6.45) is 0. The van der Waals surface area contributed by atoms with Crippen molar-refractivity contribution >= 4 is 23.0 Å². The molecule has 0 radical (unpaired) electrons. The van der Waals surface area contributed by atoms with Crippen molar-refractivity contribution in [1.82, 2.24) is 19.8 Å². The van der Waals surface area contributed by atoms with Crippen LogP contribution < -0.4 is 10.2 Å². The van der Waals surface area contributed by atoms with E-state index in [-0.39, 0.29) is 6.03 Å². The predicted octanol–water partition coefficient (Wildman–Crippen LogP) is 1.03. The summed E-state index contributed by atoms with van der Waals surface area (Å²) in [5.74, 6) is 0.975. The Morgan fingerprint density at radius 1 is 1.20 bits per heavy atom. The molecule has 0 spiro atoms. The van der Waals surface area contributed by atoms with Crippen LogP contribution in [0.25, 0.3) is 11.0 Å². The molecule has 1 saturated heterocycles. The maximum atomic E-state index is 11.6. The van der Waals surface area contributed by atoms with Gasteiger partial charge in [0.2, 0.25) is 5.95 Å². The first kappa shape index (κ1) is 12.8. The molecule has 0 bridgehead atoms. The molecule has 20 heavy (non-hydrogen) atoms. The lowest BCUT2D eigenvalue weighted by molar-refractivity contribution is 0.196. The smallest absolute Gasteiger partial charge is 0.317 e. The number of carbonyl (C=O) groups is 1. The van der Waals surface area contributed by atoms with E-state index in [1.807, 2.05) is 30.1 Å². The Hall–Kier alpha value is -2.24. The van der Waals surface area contributed by atoms with Crippen molar-refractivity contribution in [1.29, 1.82) is 0 Å². The van der Waals surface area contributed by atoms with Crippen molar-refractivity contribution in [3.8, 4) is 0 Å². The third-order valence-electron chi connectivity index (χ3n) is 3.83. The van der Waals surface area contributed by atoms with Crippen LogP contribution in [0.2, 0.25) is 0 Å². The lowest BCUT2D eigenvalue weighted by Crippen LogP contribution is -2.51. The van der Waals surface area contributed by atoms with Crippen LogP contribution in [0.1, 0.15) is 0 Å². The topological polar surface area (TPSA) is 53.4 Å². The fourth-order valence-corrected chi connectivity index (χ4v) is 2.68. The van der Waals surface area contributed by atoms with Gasteiger partial charge in [-0.05, 0) is 12.1 Å². The van der Waals surface area contributed by atoms with Gasteiger partial charge < -0.3 is 19.7 Å². The number of nitrogens with one attached hydrogen (secondary N) is 1. The summed E-state index contributed by atoms with van der Waals surface area (Å²) in [5, 5.41) is 2.67. The van der Waals surface area contributed by atoms with Gasteiger partial charge >= 0.3 is 6.03 Å². The van der Waals surface area contributed by atoms with Crippen molar-refractivity contribution in [2.75, 3.05) is 38.1 Å². The summed E-state index contributed by atoms with van der Waals surface area (Å²) in [5.41, 5.74) is 2.15. The summed E-state index contributed by atoms with van der Waals surface area (Å²) in [6, 6.07) is 8.13. The van der Waals surface area contributed by atoms with Gasteiger partial charge in [0.25, 0.3) is 0 Å². The maximum absolute atomic E-state index is 11.6. The van der Waals surface area contributed by atoms with Gasteiger partial charge in [0.1, 0.15) is 0 Å². The highest BCUT2D eigenvalue weighted by Crippen LogP contribution is 2.21. The molecule has 0 saturated carbocycles. The van der Waals surface area contributed by atoms with E-state index in [1.165, 1.54) is 0 Å². The molecule has 1 N–H and O–H groups in total. The third kappa shape index (κ3) is 2.07. The Kier molecular flexibility index (Phi) is 3.22. The predicted molar refractivity (Wildman–Crippen MR) is 79.0 cm³/mol. The van der Waals surface area contributed by atoms with Crippen molar-refractivity contribution < 1.29 is 4.79 Å². The molecule has 6 heteroatoms. The van der Waals surface area contributed by atoms with Gasteiger partial charge in [0, 0.05) is 40.3 Å². The van der Waals surface area contributed by atoms with Gasteiger partial charge in [0.05, 0.1) is 11.0 Å². The highest BCUT2D eigenvalue weighted by atomic mass is 16.2. The minimum Gasteiger partial charge on any atom is -0.341 e. The second kappa shape index (κ2) is 5.03. The first-order chi connectivity index (χ1) is 9.70. The van der Waals surface area contributed by atoms with E-state index in [2.05, 4.69) is 20.9 Å². The number of benzene rings is 1. The SMILES string of the molecule is CNC(=O)N1CCN(c2nc3ccccc3n2C)CC1. The summed E-state index contributed by atoms with van der Waals surface area (Å²) < 4.78 is 2.12. The number of hydrogen-bond donors (Lipinski definition) is 1. The number of hydrogen-bond acceptors (Lipinski definition) is 3. The first-order valence-electron chi connectivity index (χ1n) is 6.84. The second-order valence-corrected chi connectivity index (χ2v) is 4.99. The first-order valence-corrected chi connectivity index (χ1v) is 6.84. The Bertz CT molecular complexity index is 628. The number of carbonyl (C=O) groups excluding carboxylic acids is 1. The summed E-state index contributed by atoms with van der Waals surface area (Å²) in [4.78, 5) is 20.4. The van der Waals surface area contributed by atoms with Crippen LogP contribution in [0.15, 0.2) is 24.3 Å². The summed E-state index contributed by atoms with van der Waals surface area (Å²) in [6.45, 7) is 3.07. The van der Waals surface area contributed by atoms with Crippen LogP contribution >= 0.6 is 0 Å². The van der Waals surface area contributed by atoms with E-state index >= 15 is 0 Å². The lowest BCUT2D eigenvalue weighted by Gasteiger charge is -2.34. The molecular formula is C14H19N5O. The molecule has 0 aliphatic carbocycles. The average Bonchev–Trinajstić information content (AvgIpc) is 2.84. The third-order valence-corrected chi connectivity index (χ3v) is 3.83. The fraction of sp³-hybridized carbons (Fsp3) is 0.429. The average molecular weight is 273 g/mol. The highest BCUT2D eigenvalue weighted by Gasteiger charge is 2.23. The number of piperazine rings is 1. The Morgan fingerprint density at radius 3 is 2.55 bits per heavy atom. The number of aryl methyl sites for hydroxylation is 1. The minimum absolute atomic E-state index is 0.00495. The molecule has 1 aliphatic heterocycles. The quantitative estimate of drug-likeness (QED) is 0.844. The van der Waals surface area contributed by atoms with Crippen molar-refractivity contribution in [2.45, 2.75) is 0 Å². The molecule has 106 valence electrons. The Morgan fingerprint density at radius 2 is 1.90 bits per heavy atom. The highest BCUT2D eigenvalue weighted by molar-refractivity contribution is 5.79. The zero-order valence-corrected chi connectivity index (χ0v) is 11.8. The molecule has 0 unspecified atom stereocenters. The van der Waals surface area contributed by atoms with Crippen LogP contribution in [0.4, 0.5) is 10.7 Å². The number of para-hydroxylation sites is 2. The molecule has 3 rings (SSSR count). The van der Waals surface area contributed by atoms with E-state index < -0.39 is 0 Å². The number of nitrogens with zero attached hydrogens (tertiary/aromatic N) is 4. The number of rotatable bonds is 1. The second-order valence-electron chi connectivity index (χ2n) is 4.99. The van der Waals surface area contributed by atoms with E-state index in [0.717, 1.165) is 43.2 Å². The van der Waals surface area contributed by atoms with Gasteiger partial charge in [-0.25, -0.2) is 9.78 Å². The monoisotopic (exact) mass is 273 g/mol. The van der Waals surface area contributed by atoms with Gasteiger partial charge in [0.15, 0.2) is 0 Å². The molecule has 1 aromatic heterocycles. The molecular weight excluding hydrogens is 254 g/mol. The molecule has 2 aromatic rings. The number of imidazole rings is 1. The molecule has 1 fully saturated rings. The number of aromatic nitrogens is 2. The summed E-state index contributed by atoms with van der Waals surface area (Å²) in [7, 11) is 3.70. The Balaban J connectivity index is 1.80. The molecule has 6 nitrogen and oxygen atoms in total. The Labute approximate surface area is 118 Å². The maximum Gasteiger partial charge on any atom is 0.317 e.